The number of hydrogen-bond donors (Lipinski definition) is 3. The molecule has 16 heavy (non-hydrogen) atoms. The molecular weight excluding hydrogens is 206 g/mol. The molecule has 0 spiro atoms. The van der Waals surface area contributed by atoms with Crippen molar-refractivity contribution in [3.63, 3.8) is 0 Å². The van der Waals surface area contributed by atoms with Crippen LogP contribution < -0.4 is 5.32 Å². The molecule has 0 heterocycles. The first-order valence-electron chi connectivity index (χ1n) is 6.09. The first kappa shape index (κ1) is 15.8. The predicted octanol–water partition coefficient (Wildman–Crippen LogP) is 0.769. The lowest BCUT2D eigenvalue weighted by Crippen LogP contribution is -2.38. The molecular formula is C12H27NO3. The highest BCUT2D eigenvalue weighted by Gasteiger charge is 2.10. The van der Waals surface area contributed by atoms with E-state index in [9.17, 15) is 5.11 Å². The maximum Gasteiger partial charge on any atom is 0.0897 e. The highest BCUT2D eigenvalue weighted by Crippen LogP contribution is 2.07. The second-order valence-electron chi connectivity index (χ2n) is 4.92. The standard InChI is InChI=1S/C12H27NO3/c1-9(2)5-11(4)16-8-12(15)6-13-10(3)7-14/h9-15H,5-8H2,1-4H3. The van der Waals surface area contributed by atoms with Gasteiger partial charge in [0.05, 0.1) is 25.4 Å². The molecule has 0 aromatic carbocycles. The Hall–Kier alpha value is -0.160. The fourth-order valence-electron chi connectivity index (χ4n) is 1.47. The van der Waals surface area contributed by atoms with Gasteiger partial charge in [0.1, 0.15) is 0 Å². The molecule has 0 aliphatic heterocycles. The van der Waals surface area contributed by atoms with E-state index in [1.165, 1.54) is 0 Å². The van der Waals surface area contributed by atoms with Crippen molar-refractivity contribution in [1.82, 2.24) is 5.32 Å². The van der Waals surface area contributed by atoms with Gasteiger partial charge >= 0.3 is 0 Å². The fraction of sp³-hybridized carbons (Fsp3) is 1.00. The van der Waals surface area contributed by atoms with Crippen molar-refractivity contribution in [1.29, 1.82) is 0 Å². The number of aliphatic hydroxyl groups is 2. The van der Waals surface area contributed by atoms with Crippen LogP contribution in [0.5, 0.6) is 0 Å². The first-order chi connectivity index (χ1) is 7.45. The lowest BCUT2D eigenvalue weighted by molar-refractivity contribution is -0.00959. The molecule has 4 heteroatoms. The summed E-state index contributed by atoms with van der Waals surface area (Å²) in [4.78, 5) is 0. The predicted molar refractivity (Wildman–Crippen MR) is 65.4 cm³/mol. The van der Waals surface area contributed by atoms with Crippen LogP contribution in [0.1, 0.15) is 34.1 Å². The third kappa shape index (κ3) is 9.09. The zero-order valence-corrected chi connectivity index (χ0v) is 10.9. The Morgan fingerprint density at radius 2 is 1.81 bits per heavy atom. The molecule has 0 rings (SSSR count). The Labute approximate surface area is 99.0 Å². The molecule has 0 aromatic heterocycles. The summed E-state index contributed by atoms with van der Waals surface area (Å²) < 4.78 is 5.53. The van der Waals surface area contributed by atoms with Gasteiger partial charge in [-0.1, -0.05) is 13.8 Å². The van der Waals surface area contributed by atoms with Crippen LogP contribution in [0, 0.1) is 5.92 Å². The average molecular weight is 233 g/mol. The van der Waals surface area contributed by atoms with Crippen LogP contribution in [-0.2, 0) is 4.74 Å². The van der Waals surface area contributed by atoms with Crippen molar-refractivity contribution in [3.8, 4) is 0 Å². The number of aliphatic hydroxyl groups excluding tert-OH is 2. The van der Waals surface area contributed by atoms with Crippen LogP contribution in [0.25, 0.3) is 0 Å². The second kappa shape index (κ2) is 8.93. The number of rotatable bonds is 9. The van der Waals surface area contributed by atoms with Gasteiger partial charge in [-0.05, 0) is 26.2 Å². The Morgan fingerprint density at radius 1 is 1.19 bits per heavy atom. The zero-order chi connectivity index (χ0) is 12.6. The quantitative estimate of drug-likeness (QED) is 0.550. The van der Waals surface area contributed by atoms with Gasteiger partial charge in [0.2, 0.25) is 0 Å². The Kier molecular flexibility index (Phi) is 8.84. The molecule has 4 nitrogen and oxygen atoms in total. The van der Waals surface area contributed by atoms with Crippen LogP contribution in [0.2, 0.25) is 0 Å². The van der Waals surface area contributed by atoms with Gasteiger partial charge in [-0.3, -0.25) is 0 Å². The zero-order valence-electron chi connectivity index (χ0n) is 10.9. The van der Waals surface area contributed by atoms with Gasteiger partial charge in [0.25, 0.3) is 0 Å². The topological polar surface area (TPSA) is 61.7 Å². The van der Waals surface area contributed by atoms with E-state index in [-0.39, 0.29) is 18.8 Å². The number of nitrogens with one attached hydrogen (secondary N) is 1. The molecule has 98 valence electrons. The molecule has 3 unspecified atom stereocenters. The lowest BCUT2D eigenvalue weighted by atomic mass is 10.1. The fourth-order valence-corrected chi connectivity index (χ4v) is 1.47. The first-order valence-corrected chi connectivity index (χ1v) is 6.09. The molecule has 0 bridgehead atoms. The van der Waals surface area contributed by atoms with E-state index < -0.39 is 6.10 Å². The summed E-state index contributed by atoms with van der Waals surface area (Å²) in [5.41, 5.74) is 0. The second-order valence-corrected chi connectivity index (χ2v) is 4.92. The van der Waals surface area contributed by atoms with E-state index in [0.717, 1.165) is 6.42 Å². The van der Waals surface area contributed by atoms with E-state index in [1.807, 2.05) is 13.8 Å². The summed E-state index contributed by atoms with van der Waals surface area (Å²) in [6.45, 7) is 9.08. The maximum absolute atomic E-state index is 9.61. The van der Waals surface area contributed by atoms with Crippen molar-refractivity contribution >= 4 is 0 Å². The Balaban J connectivity index is 3.52. The van der Waals surface area contributed by atoms with Crippen molar-refractivity contribution in [2.24, 2.45) is 5.92 Å². The smallest absolute Gasteiger partial charge is 0.0897 e. The maximum atomic E-state index is 9.61. The van der Waals surface area contributed by atoms with Crippen LogP contribution in [-0.4, -0.2) is 48.2 Å². The third-order valence-electron chi connectivity index (χ3n) is 2.35. The lowest BCUT2D eigenvalue weighted by Gasteiger charge is -2.19. The molecule has 0 radical (unpaired) electrons. The van der Waals surface area contributed by atoms with Gasteiger partial charge in [-0.2, -0.15) is 0 Å². The molecule has 0 amide bonds. The van der Waals surface area contributed by atoms with E-state index in [4.69, 9.17) is 9.84 Å². The SMILES string of the molecule is CC(C)CC(C)OCC(O)CNC(C)CO. The van der Waals surface area contributed by atoms with Crippen molar-refractivity contribution < 1.29 is 14.9 Å². The summed E-state index contributed by atoms with van der Waals surface area (Å²) >= 11 is 0. The highest BCUT2D eigenvalue weighted by atomic mass is 16.5. The van der Waals surface area contributed by atoms with Gasteiger partial charge in [0, 0.05) is 12.6 Å². The van der Waals surface area contributed by atoms with E-state index in [2.05, 4.69) is 19.2 Å². The van der Waals surface area contributed by atoms with Crippen LogP contribution in [0.15, 0.2) is 0 Å². The monoisotopic (exact) mass is 233 g/mol. The summed E-state index contributed by atoms with van der Waals surface area (Å²) in [6.07, 6.45) is 0.682. The molecule has 3 N–H and O–H groups in total. The number of ether oxygens (including phenoxy) is 1. The van der Waals surface area contributed by atoms with E-state index in [0.29, 0.717) is 19.1 Å². The normalized spacial score (nSPS) is 17.4. The summed E-state index contributed by atoms with van der Waals surface area (Å²) in [5.74, 6) is 0.611. The van der Waals surface area contributed by atoms with E-state index >= 15 is 0 Å². The van der Waals surface area contributed by atoms with Crippen molar-refractivity contribution in [3.05, 3.63) is 0 Å². The highest BCUT2D eigenvalue weighted by molar-refractivity contribution is 4.64. The van der Waals surface area contributed by atoms with Crippen LogP contribution in [0.4, 0.5) is 0 Å². The Bertz CT molecular complexity index is 164. The van der Waals surface area contributed by atoms with Gasteiger partial charge < -0.3 is 20.3 Å². The molecule has 0 aliphatic carbocycles. The third-order valence-corrected chi connectivity index (χ3v) is 2.35. The summed E-state index contributed by atoms with van der Waals surface area (Å²) in [5, 5.41) is 21.4. The van der Waals surface area contributed by atoms with Crippen LogP contribution >= 0.6 is 0 Å². The minimum Gasteiger partial charge on any atom is -0.395 e. The molecule has 3 atom stereocenters. The summed E-state index contributed by atoms with van der Waals surface area (Å²) in [7, 11) is 0. The van der Waals surface area contributed by atoms with Crippen molar-refractivity contribution in [2.45, 2.75) is 52.4 Å². The van der Waals surface area contributed by atoms with Gasteiger partial charge in [0.15, 0.2) is 0 Å². The molecule has 0 aliphatic rings. The van der Waals surface area contributed by atoms with E-state index in [1.54, 1.807) is 0 Å². The van der Waals surface area contributed by atoms with Crippen LogP contribution in [0.3, 0.4) is 0 Å². The van der Waals surface area contributed by atoms with Gasteiger partial charge in [-0.15, -0.1) is 0 Å². The number of hydrogen-bond acceptors (Lipinski definition) is 4. The Morgan fingerprint density at radius 3 is 2.31 bits per heavy atom. The largest absolute Gasteiger partial charge is 0.395 e. The minimum atomic E-state index is -0.511. The molecule has 0 fully saturated rings. The minimum absolute atomic E-state index is 0.0164. The summed E-state index contributed by atoms with van der Waals surface area (Å²) in [6, 6.07) is 0.0164. The van der Waals surface area contributed by atoms with Crippen molar-refractivity contribution in [2.75, 3.05) is 19.8 Å². The molecule has 0 saturated carbocycles. The molecule has 0 saturated heterocycles. The molecule has 0 aromatic rings. The van der Waals surface area contributed by atoms with Gasteiger partial charge in [-0.25, -0.2) is 0 Å². The average Bonchev–Trinajstić information content (AvgIpc) is 2.22.